The van der Waals surface area contributed by atoms with E-state index in [1.165, 1.54) is 0 Å². The summed E-state index contributed by atoms with van der Waals surface area (Å²) >= 11 is 0. The largest absolute Gasteiger partial charge is 0.390 e. The second-order valence-corrected chi connectivity index (χ2v) is 3.21. The minimum Gasteiger partial charge on any atom is -0.390 e. The highest BCUT2D eigenvalue weighted by Gasteiger charge is 2.52. The van der Waals surface area contributed by atoms with E-state index in [-0.39, 0.29) is 12.5 Å². The van der Waals surface area contributed by atoms with Crippen molar-refractivity contribution < 1.29 is 18.6 Å². The van der Waals surface area contributed by atoms with E-state index in [1.54, 1.807) is 13.8 Å². The molecule has 0 spiro atoms. The SMILES string of the molecule is CC(C)[C@H]1[C@H](O)COC1(F)F. The first-order valence-electron chi connectivity index (χ1n) is 3.65. The predicted molar refractivity (Wildman–Crippen MR) is 35.2 cm³/mol. The molecule has 1 heterocycles. The Hall–Kier alpha value is -0.220. The minimum atomic E-state index is -3.15. The van der Waals surface area contributed by atoms with E-state index in [0.29, 0.717) is 0 Å². The Balaban J connectivity index is 2.72. The molecule has 0 saturated carbocycles. The summed E-state index contributed by atoms with van der Waals surface area (Å²) in [5, 5.41) is 9.09. The van der Waals surface area contributed by atoms with Gasteiger partial charge in [0.15, 0.2) is 0 Å². The highest BCUT2D eigenvalue weighted by atomic mass is 19.3. The van der Waals surface area contributed by atoms with Crippen molar-refractivity contribution in [2.45, 2.75) is 26.1 Å². The van der Waals surface area contributed by atoms with Crippen molar-refractivity contribution in [3.8, 4) is 0 Å². The van der Waals surface area contributed by atoms with Gasteiger partial charge in [-0.05, 0) is 5.92 Å². The molecular formula is C7H12F2O2. The molecule has 11 heavy (non-hydrogen) atoms. The van der Waals surface area contributed by atoms with Gasteiger partial charge in [0.05, 0.1) is 18.6 Å². The van der Waals surface area contributed by atoms with Gasteiger partial charge in [0, 0.05) is 0 Å². The number of alkyl halides is 2. The standard InChI is InChI=1S/C7H12F2O2/c1-4(2)6-5(10)3-11-7(6,8)9/h4-6,10H,3H2,1-2H3/t5-,6+/m1/s1. The molecule has 0 radical (unpaired) electrons. The molecule has 0 amide bonds. The van der Waals surface area contributed by atoms with Crippen molar-refractivity contribution in [3.05, 3.63) is 0 Å². The third kappa shape index (κ3) is 1.51. The zero-order chi connectivity index (χ0) is 8.65. The van der Waals surface area contributed by atoms with Gasteiger partial charge in [-0.25, -0.2) is 0 Å². The van der Waals surface area contributed by atoms with Gasteiger partial charge >= 0.3 is 6.11 Å². The van der Waals surface area contributed by atoms with E-state index in [2.05, 4.69) is 4.74 Å². The number of ether oxygens (including phenoxy) is 1. The van der Waals surface area contributed by atoms with Gasteiger partial charge in [-0.3, -0.25) is 0 Å². The summed E-state index contributed by atoms with van der Waals surface area (Å²) < 4.78 is 29.6. The normalized spacial score (nSPS) is 36.5. The topological polar surface area (TPSA) is 29.5 Å². The van der Waals surface area contributed by atoms with Gasteiger partial charge in [0.2, 0.25) is 0 Å². The van der Waals surface area contributed by atoms with Crippen molar-refractivity contribution in [2.75, 3.05) is 6.61 Å². The monoisotopic (exact) mass is 166 g/mol. The first-order chi connectivity index (χ1) is 4.95. The van der Waals surface area contributed by atoms with Crippen LogP contribution in [0.5, 0.6) is 0 Å². The van der Waals surface area contributed by atoms with E-state index >= 15 is 0 Å². The molecule has 2 nitrogen and oxygen atoms in total. The lowest BCUT2D eigenvalue weighted by molar-refractivity contribution is -0.238. The Bertz CT molecular complexity index is 147. The average Bonchev–Trinajstić information content (AvgIpc) is 2.06. The van der Waals surface area contributed by atoms with Crippen molar-refractivity contribution in [2.24, 2.45) is 11.8 Å². The van der Waals surface area contributed by atoms with Crippen LogP contribution in [0, 0.1) is 11.8 Å². The van der Waals surface area contributed by atoms with Gasteiger partial charge < -0.3 is 9.84 Å². The Morgan fingerprint density at radius 1 is 1.55 bits per heavy atom. The quantitative estimate of drug-likeness (QED) is 0.635. The molecule has 1 rings (SSSR count). The Kier molecular flexibility index (Phi) is 2.16. The summed E-state index contributed by atoms with van der Waals surface area (Å²) in [4.78, 5) is 0. The zero-order valence-electron chi connectivity index (χ0n) is 6.55. The van der Waals surface area contributed by atoms with E-state index in [9.17, 15) is 8.78 Å². The fraction of sp³-hybridized carbons (Fsp3) is 1.00. The molecule has 1 N–H and O–H groups in total. The van der Waals surface area contributed by atoms with E-state index in [0.717, 1.165) is 0 Å². The maximum Gasteiger partial charge on any atom is 0.361 e. The number of hydrogen-bond donors (Lipinski definition) is 1. The number of aliphatic hydroxyl groups is 1. The van der Waals surface area contributed by atoms with E-state index in [4.69, 9.17) is 5.11 Å². The number of hydrogen-bond acceptors (Lipinski definition) is 2. The molecular weight excluding hydrogens is 154 g/mol. The molecule has 1 saturated heterocycles. The molecule has 1 aliphatic heterocycles. The van der Waals surface area contributed by atoms with E-state index < -0.39 is 18.1 Å². The van der Waals surface area contributed by atoms with Gasteiger partial charge in [0.25, 0.3) is 0 Å². The first-order valence-corrected chi connectivity index (χ1v) is 3.65. The lowest BCUT2D eigenvalue weighted by Crippen LogP contribution is -2.33. The lowest BCUT2D eigenvalue weighted by Gasteiger charge is -2.22. The van der Waals surface area contributed by atoms with Crippen molar-refractivity contribution >= 4 is 0 Å². The Morgan fingerprint density at radius 2 is 2.09 bits per heavy atom. The smallest absolute Gasteiger partial charge is 0.361 e. The average molecular weight is 166 g/mol. The lowest BCUT2D eigenvalue weighted by atomic mass is 9.91. The zero-order valence-corrected chi connectivity index (χ0v) is 6.55. The van der Waals surface area contributed by atoms with Crippen LogP contribution in [0.2, 0.25) is 0 Å². The molecule has 1 fully saturated rings. The molecule has 66 valence electrons. The van der Waals surface area contributed by atoms with Gasteiger partial charge in [-0.2, -0.15) is 8.78 Å². The number of rotatable bonds is 1. The molecule has 0 aromatic rings. The number of aliphatic hydroxyl groups excluding tert-OH is 1. The molecule has 0 aliphatic carbocycles. The second kappa shape index (κ2) is 2.68. The van der Waals surface area contributed by atoms with E-state index in [1.807, 2.05) is 0 Å². The third-order valence-corrected chi connectivity index (χ3v) is 1.97. The summed E-state index contributed by atoms with van der Waals surface area (Å²) in [5.41, 5.74) is 0. The second-order valence-electron chi connectivity index (χ2n) is 3.21. The fourth-order valence-electron chi connectivity index (χ4n) is 1.45. The fourth-order valence-corrected chi connectivity index (χ4v) is 1.45. The van der Waals surface area contributed by atoms with Crippen molar-refractivity contribution in [1.29, 1.82) is 0 Å². The van der Waals surface area contributed by atoms with Crippen LogP contribution in [-0.4, -0.2) is 23.9 Å². The molecule has 4 heteroatoms. The Labute approximate surface area is 64.2 Å². The van der Waals surface area contributed by atoms with Gasteiger partial charge in [0.1, 0.15) is 0 Å². The summed E-state index contributed by atoms with van der Waals surface area (Å²) in [7, 11) is 0. The molecule has 0 aromatic carbocycles. The summed E-state index contributed by atoms with van der Waals surface area (Å²) in [5.74, 6) is -1.31. The van der Waals surface area contributed by atoms with Crippen molar-refractivity contribution in [1.82, 2.24) is 0 Å². The summed E-state index contributed by atoms with van der Waals surface area (Å²) in [6, 6.07) is 0. The minimum absolute atomic E-state index is 0.254. The van der Waals surface area contributed by atoms with Crippen LogP contribution in [0.1, 0.15) is 13.8 Å². The van der Waals surface area contributed by atoms with Crippen molar-refractivity contribution in [3.63, 3.8) is 0 Å². The third-order valence-electron chi connectivity index (χ3n) is 1.97. The first kappa shape index (κ1) is 8.87. The molecule has 0 aromatic heterocycles. The molecule has 0 bridgehead atoms. The Morgan fingerprint density at radius 3 is 2.27 bits per heavy atom. The van der Waals surface area contributed by atoms with Crippen LogP contribution >= 0.6 is 0 Å². The summed E-state index contributed by atoms with van der Waals surface area (Å²) in [6.45, 7) is 3.04. The van der Waals surface area contributed by atoms with Gasteiger partial charge in [-0.15, -0.1) is 0 Å². The molecule has 1 aliphatic rings. The maximum atomic E-state index is 12.7. The maximum absolute atomic E-state index is 12.7. The predicted octanol–water partition coefficient (Wildman–Crippen LogP) is 1.24. The van der Waals surface area contributed by atoms with Crippen LogP contribution in [0.4, 0.5) is 8.78 Å². The van der Waals surface area contributed by atoms with Crippen LogP contribution in [-0.2, 0) is 4.74 Å². The number of halogens is 2. The summed E-state index contributed by atoms with van der Waals surface area (Å²) in [6.07, 6.45) is -4.17. The highest BCUT2D eigenvalue weighted by Crippen LogP contribution is 2.39. The van der Waals surface area contributed by atoms with Gasteiger partial charge in [-0.1, -0.05) is 13.8 Å². The molecule has 0 unspecified atom stereocenters. The highest BCUT2D eigenvalue weighted by molar-refractivity contribution is 4.84. The van der Waals surface area contributed by atoms with Crippen LogP contribution < -0.4 is 0 Å². The van der Waals surface area contributed by atoms with Crippen LogP contribution in [0.25, 0.3) is 0 Å². The van der Waals surface area contributed by atoms with Crippen LogP contribution in [0.3, 0.4) is 0 Å². The molecule has 2 atom stereocenters. The van der Waals surface area contributed by atoms with Crippen LogP contribution in [0.15, 0.2) is 0 Å².